The van der Waals surface area contributed by atoms with Gasteiger partial charge >= 0.3 is 0 Å². The molecule has 1 aromatic carbocycles. The number of rotatable bonds is 14. The van der Waals surface area contributed by atoms with E-state index in [1.54, 1.807) is 0 Å². The molecule has 1 amide bonds. The first-order chi connectivity index (χ1) is 12.2. The van der Waals surface area contributed by atoms with Crippen LogP contribution in [0.5, 0.6) is 0 Å². The van der Waals surface area contributed by atoms with Crippen molar-refractivity contribution in [2.24, 2.45) is 11.5 Å². The third kappa shape index (κ3) is 10.3. The first-order valence-corrected chi connectivity index (χ1v) is 10.0. The van der Waals surface area contributed by atoms with Gasteiger partial charge in [0.1, 0.15) is 0 Å². The maximum Gasteiger partial charge on any atom is 0.242 e. The fourth-order valence-electron chi connectivity index (χ4n) is 2.91. The van der Waals surface area contributed by atoms with Gasteiger partial charge in [-0.05, 0) is 30.5 Å². The number of carbonyl (C=O) groups is 1. The number of benzene rings is 1. The van der Waals surface area contributed by atoms with E-state index in [0.717, 1.165) is 12.1 Å². The third-order valence-electron chi connectivity index (χ3n) is 4.63. The molecular formula is C21H37N3O. The molecule has 4 heteroatoms. The van der Waals surface area contributed by atoms with Crippen LogP contribution >= 0.6 is 0 Å². The van der Waals surface area contributed by atoms with E-state index in [0.29, 0.717) is 0 Å². The molecule has 0 heterocycles. The van der Waals surface area contributed by atoms with Crippen LogP contribution in [-0.4, -0.2) is 18.5 Å². The standard InChI is InChI=1S/C21H37N3O/c1-2-3-4-5-6-7-8-9-10-11-12-18-13-15-19(16-14-18)24-21(25)20(23)17-22/h13-16,20H,2-12,17,22-23H2,1H3,(H,24,25)/t20-/m0/s1. The molecular weight excluding hydrogens is 310 g/mol. The van der Waals surface area contributed by atoms with E-state index in [9.17, 15) is 4.79 Å². The lowest BCUT2D eigenvalue weighted by Crippen LogP contribution is -2.41. The summed E-state index contributed by atoms with van der Waals surface area (Å²) in [6, 6.07) is 7.39. The highest BCUT2D eigenvalue weighted by Gasteiger charge is 2.10. The van der Waals surface area contributed by atoms with Crippen molar-refractivity contribution in [2.75, 3.05) is 11.9 Å². The Labute approximate surface area is 153 Å². The normalized spacial score (nSPS) is 12.1. The number of amides is 1. The van der Waals surface area contributed by atoms with E-state index in [2.05, 4.69) is 24.4 Å². The van der Waals surface area contributed by atoms with Gasteiger partial charge in [0.15, 0.2) is 0 Å². The fraction of sp³-hybridized carbons (Fsp3) is 0.667. The lowest BCUT2D eigenvalue weighted by atomic mass is 10.0. The summed E-state index contributed by atoms with van der Waals surface area (Å²) in [5.41, 5.74) is 13.1. The molecule has 0 aliphatic heterocycles. The van der Waals surface area contributed by atoms with E-state index in [4.69, 9.17) is 11.5 Å². The molecule has 0 aromatic heterocycles. The molecule has 25 heavy (non-hydrogen) atoms. The van der Waals surface area contributed by atoms with Gasteiger partial charge in [-0.15, -0.1) is 0 Å². The Balaban J connectivity index is 2.09. The molecule has 0 saturated heterocycles. The number of hydrogen-bond acceptors (Lipinski definition) is 3. The number of nitrogens with two attached hydrogens (primary N) is 2. The molecule has 5 N–H and O–H groups in total. The average Bonchev–Trinajstić information content (AvgIpc) is 2.63. The maximum atomic E-state index is 11.7. The zero-order valence-electron chi connectivity index (χ0n) is 15.9. The number of aryl methyl sites for hydroxylation is 1. The molecule has 142 valence electrons. The van der Waals surface area contributed by atoms with E-state index < -0.39 is 6.04 Å². The summed E-state index contributed by atoms with van der Waals surface area (Å²) in [7, 11) is 0. The van der Waals surface area contributed by atoms with Crippen molar-refractivity contribution < 1.29 is 4.79 Å². The lowest BCUT2D eigenvalue weighted by Gasteiger charge is -2.10. The number of anilines is 1. The fourth-order valence-corrected chi connectivity index (χ4v) is 2.91. The minimum absolute atomic E-state index is 0.155. The second-order valence-electron chi connectivity index (χ2n) is 6.96. The second kappa shape index (κ2) is 13.9. The molecule has 0 saturated carbocycles. The average molecular weight is 348 g/mol. The first-order valence-electron chi connectivity index (χ1n) is 10.0. The van der Waals surface area contributed by atoms with E-state index in [1.807, 2.05) is 12.1 Å². The molecule has 0 bridgehead atoms. The van der Waals surface area contributed by atoms with Gasteiger partial charge in [0.05, 0.1) is 6.04 Å². The van der Waals surface area contributed by atoms with Gasteiger partial charge in [0.2, 0.25) is 5.91 Å². The molecule has 0 aliphatic carbocycles. The number of hydrogen-bond donors (Lipinski definition) is 3. The molecule has 0 radical (unpaired) electrons. The monoisotopic (exact) mass is 347 g/mol. The molecule has 0 unspecified atom stereocenters. The third-order valence-corrected chi connectivity index (χ3v) is 4.63. The molecule has 0 aliphatic rings. The van der Waals surface area contributed by atoms with Crippen LogP contribution in [0.1, 0.15) is 76.7 Å². The Hall–Kier alpha value is -1.39. The van der Waals surface area contributed by atoms with Crippen LogP contribution in [0.4, 0.5) is 5.69 Å². The highest BCUT2D eigenvalue weighted by Crippen LogP contribution is 2.14. The summed E-state index contributed by atoms with van der Waals surface area (Å²) in [6.07, 6.45) is 14.7. The Morgan fingerprint density at radius 3 is 1.96 bits per heavy atom. The number of nitrogens with one attached hydrogen (secondary N) is 1. The summed E-state index contributed by atoms with van der Waals surface area (Å²) in [4.78, 5) is 11.7. The van der Waals surface area contributed by atoms with Crippen molar-refractivity contribution in [1.29, 1.82) is 0 Å². The highest BCUT2D eigenvalue weighted by atomic mass is 16.2. The predicted molar refractivity (Wildman–Crippen MR) is 108 cm³/mol. The highest BCUT2D eigenvalue weighted by molar-refractivity contribution is 5.94. The van der Waals surface area contributed by atoms with Crippen molar-refractivity contribution in [3.8, 4) is 0 Å². The van der Waals surface area contributed by atoms with Gasteiger partial charge in [-0.25, -0.2) is 0 Å². The minimum Gasteiger partial charge on any atom is -0.328 e. The Kier molecular flexibility index (Phi) is 12.0. The summed E-state index contributed by atoms with van der Waals surface area (Å²) < 4.78 is 0. The molecule has 4 nitrogen and oxygen atoms in total. The van der Waals surface area contributed by atoms with Gasteiger partial charge in [-0.1, -0.05) is 76.8 Å². The zero-order chi connectivity index (χ0) is 18.3. The lowest BCUT2D eigenvalue weighted by molar-refractivity contribution is -0.117. The van der Waals surface area contributed by atoms with Gasteiger partial charge in [0, 0.05) is 12.2 Å². The Morgan fingerprint density at radius 2 is 1.44 bits per heavy atom. The Morgan fingerprint density at radius 1 is 0.920 bits per heavy atom. The predicted octanol–water partition coefficient (Wildman–Crippen LogP) is 4.37. The minimum atomic E-state index is -0.647. The van der Waals surface area contributed by atoms with Crippen LogP contribution in [0.2, 0.25) is 0 Å². The molecule has 0 fully saturated rings. The van der Waals surface area contributed by atoms with Crippen molar-refractivity contribution in [3.63, 3.8) is 0 Å². The topological polar surface area (TPSA) is 81.1 Å². The van der Waals surface area contributed by atoms with E-state index in [-0.39, 0.29) is 12.5 Å². The van der Waals surface area contributed by atoms with Crippen LogP contribution in [0, 0.1) is 0 Å². The largest absolute Gasteiger partial charge is 0.328 e. The summed E-state index contributed by atoms with van der Waals surface area (Å²) >= 11 is 0. The summed E-state index contributed by atoms with van der Waals surface area (Å²) in [5.74, 6) is -0.232. The number of carbonyl (C=O) groups excluding carboxylic acids is 1. The van der Waals surface area contributed by atoms with Gasteiger partial charge in [0.25, 0.3) is 0 Å². The van der Waals surface area contributed by atoms with Crippen molar-refractivity contribution in [3.05, 3.63) is 29.8 Å². The summed E-state index contributed by atoms with van der Waals surface area (Å²) in [6.45, 7) is 2.42. The molecule has 1 atom stereocenters. The number of unbranched alkanes of at least 4 members (excludes halogenated alkanes) is 9. The smallest absolute Gasteiger partial charge is 0.242 e. The molecule has 0 spiro atoms. The SMILES string of the molecule is CCCCCCCCCCCCc1ccc(NC(=O)[C@@H](N)CN)cc1. The van der Waals surface area contributed by atoms with E-state index in [1.165, 1.54) is 69.8 Å². The van der Waals surface area contributed by atoms with Gasteiger partial charge < -0.3 is 16.8 Å². The van der Waals surface area contributed by atoms with Gasteiger partial charge in [-0.2, -0.15) is 0 Å². The van der Waals surface area contributed by atoms with Crippen molar-refractivity contribution in [2.45, 2.75) is 83.6 Å². The first kappa shape index (κ1) is 21.7. The van der Waals surface area contributed by atoms with Crippen LogP contribution in [0.25, 0.3) is 0 Å². The van der Waals surface area contributed by atoms with Crippen molar-refractivity contribution >= 4 is 11.6 Å². The second-order valence-corrected chi connectivity index (χ2v) is 6.96. The quantitative estimate of drug-likeness (QED) is 0.437. The van der Waals surface area contributed by atoms with Gasteiger partial charge in [-0.3, -0.25) is 4.79 Å². The zero-order valence-corrected chi connectivity index (χ0v) is 15.9. The Bertz CT molecular complexity index is 459. The maximum absolute atomic E-state index is 11.7. The summed E-state index contributed by atoms with van der Waals surface area (Å²) in [5, 5.41) is 2.78. The van der Waals surface area contributed by atoms with Crippen LogP contribution in [-0.2, 0) is 11.2 Å². The van der Waals surface area contributed by atoms with Crippen LogP contribution < -0.4 is 16.8 Å². The van der Waals surface area contributed by atoms with Crippen LogP contribution in [0.3, 0.4) is 0 Å². The van der Waals surface area contributed by atoms with Crippen LogP contribution in [0.15, 0.2) is 24.3 Å². The van der Waals surface area contributed by atoms with E-state index >= 15 is 0 Å². The molecule has 1 aromatic rings. The van der Waals surface area contributed by atoms with Crippen molar-refractivity contribution in [1.82, 2.24) is 0 Å². The molecule has 1 rings (SSSR count).